The standard InChI is InChI=1S/C17H25NO5/c1-5-22-15(20)13-8-6-12(7-9-13)10-14(11-19)18-16(21)23-17(2,3)4/h6-9,14,19H,5,10-11H2,1-4H3,(H,18,21)/t14-/m1/s1. The van der Waals surface area contributed by atoms with Gasteiger partial charge < -0.3 is 19.9 Å². The first-order valence-corrected chi connectivity index (χ1v) is 7.61. The van der Waals surface area contributed by atoms with Gasteiger partial charge in [0.25, 0.3) is 0 Å². The summed E-state index contributed by atoms with van der Waals surface area (Å²) in [7, 11) is 0. The number of benzene rings is 1. The van der Waals surface area contributed by atoms with Gasteiger partial charge in [-0.05, 0) is 51.8 Å². The van der Waals surface area contributed by atoms with Crippen LogP contribution in [0.15, 0.2) is 24.3 Å². The van der Waals surface area contributed by atoms with Crippen molar-refractivity contribution in [1.29, 1.82) is 0 Å². The normalized spacial score (nSPS) is 12.4. The van der Waals surface area contributed by atoms with Gasteiger partial charge in [-0.25, -0.2) is 9.59 Å². The third-order valence-electron chi connectivity index (χ3n) is 2.89. The van der Waals surface area contributed by atoms with E-state index in [0.717, 1.165) is 5.56 Å². The summed E-state index contributed by atoms with van der Waals surface area (Å²) in [6, 6.07) is 6.40. The molecule has 0 bridgehead atoms. The first-order valence-electron chi connectivity index (χ1n) is 7.61. The lowest BCUT2D eigenvalue weighted by Crippen LogP contribution is -2.42. The van der Waals surface area contributed by atoms with Crippen LogP contribution in [-0.4, -0.2) is 42.0 Å². The summed E-state index contributed by atoms with van der Waals surface area (Å²) in [5.74, 6) is -0.371. The van der Waals surface area contributed by atoms with Gasteiger partial charge in [-0.2, -0.15) is 0 Å². The van der Waals surface area contributed by atoms with E-state index in [9.17, 15) is 14.7 Å². The Hall–Kier alpha value is -2.08. The molecule has 0 heterocycles. The Morgan fingerprint density at radius 1 is 1.22 bits per heavy atom. The number of ether oxygens (including phenoxy) is 2. The van der Waals surface area contributed by atoms with E-state index in [1.807, 2.05) is 0 Å². The fraction of sp³-hybridized carbons (Fsp3) is 0.529. The summed E-state index contributed by atoms with van der Waals surface area (Å²) in [6.45, 7) is 7.18. The Morgan fingerprint density at radius 3 is 2.30 bits per heavy atom. The zero-order valence-electron chi connectivity index (χ0n) is 14.1. The van der Waals surface area contributed by atoms with E-state index in [4.69, 9.17) is 9.47 Å². The van der Waals surface area contributed by atoms with Gasteiger partial charge in [-0.15, -0.1) is 0 Å². The van der Waals surface area contributed by atoms with Gasteiger partial charge >= 0.3 is 12.1 Å². The van der Waals surface area contributed by atoms with Crippen LogP contribution in [0.3, 0.4) is 0 Å². The van der Waals surface area contributed by atoms with E-state index >= 15 is 0 Å². The minimum absolute atomic E-state index is 0.209. The molecule has 23 heavy (non-hydrogen) atoms. The van der Waals surface area contributed by atoms with Gasteiger partial charge in [-0.1, -0.05) is 12.1 Å². The fourth-order valence-corrected chi connectivity index (χ4v) is 1.91. The van der Waals surface area contributed by atoms with Crippen molar-refractivity contribution in [2.75, 3.05) is 13.2 Å². The molecule has 1 aromatic rings. The molecule has 0 spiro atoms. The third-order valence-corrected chi connectivity index (χ3v) is 2.89. The van der Waals surface area contributed by atoms with E-state index < -0.39 is 17.7 Å². The quantitative estimate of drug-likeness (QED) is 0.785. The average molecular weight is 323 g/mol. The Balaban J connectivity index is 2.62. The number of aliphatic hydroxyl groups is 1. The molecule has 1 rings (SSSR count). The van der Waals surface area contributed by atoms with Crippen molar-refractivity contribution >= 4 is 12.1 Å². The topological polar surface area (TPSA) is 84.9 Å². The SMILES string of the molecule is CCOC(=O)c1ccc(C[C@H](CO)NC(=O)OC(C)(C)C)cc1. The molecule has 0 aliphatic rings. The molecule has 0 fully saturated rings. The maximum Gasteiger partial charge on any atom is 0.407 e. The smallest absolute Gasteiger partial charge is 0.407 e. The van der Waals surface area contributed by atoms with Gasteiger partial charge in [0.2, 0.25) is 0 Å². The number of carbonyl (C=O) groups excluding carboxylic acids is 2. The van der Waals surface area contributed by atoms with Crippen LogP contribution in [0.4, 0.5) is 4.79 Å². The Kier molecular flexibility index (Phi) is 7.03. The zero-order valence-corrected chi connectivity index (χ0v) is 14.1. The lowest BCUT2D eigenvalue weighted by Gasteiger charge is -2.22. The highest BCUT2D eigenvalue weighted by molar-refractivity contribution is 5.89. The van der Waals surface area contributed by atoms with Gasteiger partial charge in [-0.3, -0.25) is 0 Å². The number of rotatable bonds is 6. The molecular weight excluding hydrogens is 298 g/mol. The van der Waals surface area contributed by atoms with Crippen molar-refractivity contribution in [2.45, 2.75) is 45.8 Å². The van der Waals surface area contributed by atoms with Crippen molar-refractivity contribution in [3.8, 4) is 0 Å². The summed E-state index contributed by atoms with van der Waals surface area (Å²) < 4.78 is 10.1. The monoisotopic (exact) mass is 323 g/mol. The Labute approximate surface area is 136 Å². The highest BCUT2D eigenvalue weighted by Crippen LogP contribution is 2.10. The van der Waals surface area contributed by atoms with Crippen LogP contribution in [0.1, 0.15) is 43.6 Å². The molecule has 6 nitrogen and oxygen atoms in total. The van der Waals surface area contributed by atoms with Crippen molar-refractivity contribution < 1.29 is 24.2 Å². The van der Waals surface area contributed by atoms with Crippen molar-refractivity contribution in [3.05, 3.63) is 35.4 Å². The van der Waals surface area contributed by atoms with Crippen LogP contribution in [0.25, 0.3) is 0 Å². The zero-order chi connectivity index (χ0) is 17.5. The van der Waals surface area contributed by atoms with Crippen LogP contribution >= 0.6 is 0 Å². The molecule has 0 radical (unpaired) electrons. The maximum absolute atomic E-state index is 11.7. The van der Waals surface area contributed by atoms with Crippen LogP contribution in [0.5, 0.6) is 0 Å². The maximum atomic E-state index is 11.7. The number of hydrogen-bond donors (Lipinski definition) is 2. The highest BCUT2D eigenvalue weighted by atomic mass is 16.6. The fourth-order valence-electron chi connectivity index (χ4n) is 1.91. The molecule has 0 aliphatic heterocycles. The lowest BCUT2D eigenvalue weighted by atomic mass is 10.0. The largest absolute Gasteiger partial charge is 0.462 e. The van der Waals surface area contributed by atoms with Crippen molar-refractivity contribution in [2.24, 2.45) is 0 Å². The minimum Gasteiger partial charge on any atom is -0.462 e. The Bertz CT molecular complexity index is 519. The summed E-state index contributed by atoms with van der Waals surface area (Å²) >= 11 is 0. The second kappa shape index (κ2) is 8.53. The Morgan fingerprint density at radius 2 is 1.83 bits per heavy atom. The van der Waals surface area contributed by atoms with Crippen LogP contribution in [0.2, 0.25) is 0 Å². The lowest BCUT2D eigenvalue weighted by molar-refractivity contribution is 0.0481. The molecule has 0 unspecified atom stereocenters. The molecule has 0 aromatic heterocycles. The van der Waals surface area contributed by atoms with E-state index in [0.29, 0.717) is 18.6 Å². The molecule has 1 atom stereocenters. The molecule has 2 N–H and O–H groups in total. The first-order chi connectivity index (χ1) is 10.7. The predicted molar refractivity (Wildman–Crippen MR) is 86.3 cm³/mol. The van der Waals surface area contributed by atoms with Crippen LogP contribution in [-0.2, 0) is 15.9 Å². The molecule has 128 valence electrons. The highest BCUT2D eigenvalue weighted by Gasteiger charge is 2.19. The molecule has 6 heteroatoms. The molecule has 0 aliphatic carbocycles. The number of amides is 1. The van der Waals surface area contributed by atoms with E-state index in [1.54, 1.807) is 52.0 Å². The minimum atomic E-state index is -0.592. The van der Waals surface area contributed by atoms with Crippen LogP contribution < -0.4 is 5.32 Å². The number of nitrogens with one attached hydrogen (secondary N) is 1. The van der Waals surface area contributed by atoms with Gasteiger partial charge in [0.1, 0.15) is 5.60 Å². The van der Waals surface area contributed by atoms with Crippen LogP contribution in [0, 0.1) is 0 Å². The second-order valence-corrected chi connectivity index (χ2v) is 6.15. The number of esters is 1. The van der Waals surface area contributed by atoms with E-state index in [2.05, 4.69) is 5.32 Å². The number of hydrogen-bond acceptors (Lipinski definition) is 5. The summed E-state index contributed by atoms with van der Waals surface area (Å²) in [5, 5.41) is 12.0. The summed E-state index contributed by atoms with van der Waals surface area (Å²) in [5.41, 5.74) is 0.759. The predicted octanol–water partition coefficient (Wildman–Crippen LogP) is 2.29. The van der Waals surface area contributed by atoms with E-state index in [-0.39, 0.29) is 12.6 Å². The molecule has 0 saturated heterocycles. The first kappa shape index (κ1) is 19.0. The number of carbonyl (C=O) groups is 2. The van der Waals surface area contributed by atoms with Crippen molar-refractivity contribution in [1.82, 2.24) is 5.32 Å². The number of aliphatic hydroxyl groups excluding tert-OH is 1. The molecular formula is C17H25NO5. The number of alkyl carbamates (subject to hydrolysis) is 1. The van der Waals surface area contributed by atoms with Gasteiger partial charge in [0, 0.05) is 0 Å². The second-order valence-electron chi connectivity index (χ2n) is 6.15. The summed E-state index contributed by atoms with van der Waals surface area (Å²) in [4.78, 5) is 23.3. The average Bonchev–Trinajstić information content (AvgIpc) is 2.45. The van der Waals surface area contributed by atoms with E-state index in [1.165, 1.54) is 0 Å². The molecule has 0 saturated carbocycles. The molecule has 1 amide bonds. The van der Waals surface area contributed by atoms with Gasteiger partial charge in [0.15, 0.2) is 0 Å². The third kappa shape index (κ3) is 7.15. The molecule has 1 aromatic carbocycles. The van der Waals surface area contributed by atoms with Gasteiger partial charge in [0.05, 0.1) is 24.8 Å². The summed E-state index contributed by atoms with van der Waals surface area (Å²) in [6.07, 6.45) is -0.140. The van der Waals surface area contributed by atoms with Crippen molar-refractivity contribution in [3.63, 3.8) is 0 Å².